The maximum absolute atomic E-state index is 11.1. The van der Waals surface area contributed by atoms with Crippen LogP contribution in [0.15, 0.2) is 23.4 Å². The lowest BCUT2D eigenvalue weighted by molar-refractivity contribution is -0.120. The Bertz CT molecular complexity index is 261. The molecular weight excluding hydrogens is 162 g/mol. The van der Waals surface area contributed by atoms with Crippen LogP contribution in [0.2, 0.25) is 0 Å². The van der Waals surface area contributed by atoms with E-state index in [1.54, 1.807) is 6.20 Å². The van der Waals surface area contributed by atoms with Gasteiger partial charge >= 0.3 is 0 Å². The second kappa shape index (κ2) is 4.26. The van der Waals surface area contributed by atoms with Crippen molar-refractivity contribution in [2.24, 2.45) is 5.92 Å². The molecule has 2 heteroatoms. The van der Waals surface area contributed by atoms with Gasteiger partial charge in [-0.05, 0) is 30.9 Å². The normalized spacial score (nSPS) is 18.6. The van der Waals surface area contributed by atoms with E-state index in [4.69, 9.17) is 0 Å². The molecular formula is C11H17NO. The average molecular weight is 179 g/mol. The van der Waals surface area contributed by atoms with Gasteiger partial charge in [0.25, 0.3) is 0 Å². The third-order valence-electron chi connectivity index (χ3n) is 2.35. The van der Waals surface area contributed by atoms with E-state index in [-0.39, 0.29) is 5.91 Å². The monoisotopic (exact) mass is 179 g/mol. The Balaban J connectivity index is 2.85. The van der Waals surface area contributed by atoms with E-state index in [0.717, 1.165) is 6.42 Å². The zero-order chi connectivity index (χ0) is 9.84. The molecule has 0 saturated heterocycles. The molecule has 1 aliphatic heterocycles. The van der Waals surface area contributed by atoms with E-state index in [9.17, 15) is 4.79 Å². The van der Waals surface area contributed by atoms with E-state index >= 15 is 0 Å². The molecule has 0 radical (unpaired) electrons. The summed E-state index contributed by atoms with van der Waals surface area (Å²) in [5.74, 6) is 0.643. The fourth-order valence-corrected chi connectivity index (χ4v) is 1.57. The molecule has 72 valence electrons. The summed E-state index contributed by atoms with van der Waals surface area (Å²) in [6, 6.07) is 0. The van der Waals surface area contributed by atoms with E-state index in [0.29, 0.717) is 12.3 Å². The minimum Gasteiger partial charge on any atom is -0.333 e. The summed E-state index contributed by atoms with van der Waals surface area (Å²) in [5, 5.41) is 2.74. The first-order chi connectivity index (χ1) is 6.11. The summed E-state index contributed by atoms with van der Waals surface area (Å²) in [7, 11) is 0. The number of amides is 1. The molecule has 0 saturated carbocycles. The van der Waals surface area contributed by atoms with Crippen molar-refractivity contribution >= 4 is 5.91 Å². The van der Waals surface area contributed by atoms with Crippen molar-refractivity contribution in [2.75, 3.05) is 0 Å². The van der Waals surface area contributed by atoms with Gasteiger partial charge in [-0.2, -0.15) is 0 Å². The minimum absolute atomic E-state index is 0.110. The summed E-state index contributed by atoms with van der Waals surface area (Å²) in [6.07, 6.45) is 5.24. The Morgan fingerprint density at radius 2 is 2.08 bits per heavy atom. The number of nitrogens with one attached hydrogen (secondary N) is 1. The molecule has 2 nitrogen and oxygen atoms in total. The Kier molecular flexibility index (Phi) is 3.29. The first-order valence-corrected chi connectivity index (χ1v) is 4.77. The lowest BCUT2D eigenvalue weighted by Crippen LogP contribution is -2.18. The highest BCUT2D eigenvalue weighted by Gasteiger charge is 2.09. The molecule has 0 spiro atoms. The standard InChI is InChI=1S/C11H17NO/c1-8(2)10-6-7-12-11(13)5-4-9(10)3/h6-8H,4-5H2,1-3H3,(H,12,13). The van der Waals surface area contributed by atoms with Crippen LogP contribution in [0.5, 0.6) is 0 Å². The van der Waals surface area contributed by atoms with Crippen molar-refractivity contribution in [1.29, 1.82) is 0 Å². The van der Waals surface area contributed by atoms with Crippen LogP contribution in [-0.2, 0) is 4.79 Å². The van der Waals surface area contributed by atoms with Gasteiger partial charge in [0, 0.05) is 12.6 Å². The molecule has 1 rings (SSSR count). The van der Waals surface area contributed by atoms with Crippen LogP contribution in [-0.4, -0.2) is 5.91 Å². The predicted octanol–water partition coefficient (Wildman–Crippen LogP) is 2.38. The topological polar surface area (TPSA) is 29.1 Å². The first kappa shape index (κ1) is 10.0. The average Bonchev–Trinajstić information content (AvgIpc) is 2.05. The molecule has 1 heterocycles. The van der Waals surface area contributed by atoms with Gasteiger partial charge in [-0.1, -0.05) is 19.4 Å². The summed E-state index contributed by atoms with van der Waals surface area (Å²) in [5.41, 5.74) is 2.68. The van der Waals surface area contributed by atoms with Crippen molar-refractivity contribution in [3.63, 3.8) is 0 Å². The largest absolute Gasteiger partial charge is 0.333 e. The molecule has 0 fully saturated rings. The quantitative estimate of drug-likeness (QED) is 0.658. The van der Waals surface area contributed by atoms with E-state index in [2.05, 4.69) is 26.1 Å². The van der Waals surface area contributed by atoms with Crippen molar-refractivity contribution in [2.45, 2.75) is 33.6 Å². The SMILES string of the molecule is CC1=C(C(C)C)C=CNC(=O)CC1. The lowest BCUT2D eigenvalue weighted by atomic mass is 9.94. The highest BCUT2D eigenvalue weighted by molar-refractivity contribution is 5.77. The van der Waals surface area contributed by atoms with Gasteiger partial charge in [-0.25, -0.2) is 0 Å². The first-order valence-electron chi connectivity index (χ1n) is 4.77. The molecule has 1 amide bonds. The molecule has 0 aliphatic carbocycles. The molecule has 0 aromatic carbocycles. The Morgan fingerprint density at radius 1 is 1.38 bits per heavy atom. The van der Waals surface area contributed by atoms with Crippen LogP contribution in [0.4, 0.5) is 0 Å². The highest BCUT2D eigenvalue weighted by atomic mass is 16.1. The van der Waals surface area contributed by atoms with Crippen LogP contribution >= 0.6 is 0 Å². The van der Waals surface area contributed by atoms with Crippen molar-refractivity contribution in [3.8, 4) is 0 Å². The van der Waals surface area contributed by atoms with Gasteiger partial charge in [0.1, 0.15) is 0 Å². The summed E-state index contributed by atoms with van der Waals surface area (Å²) in [4.78, 5) is 11.1. The van der Waals surface area contributed by atoms with Gasteiger partial charge in [0.15, 0.2) is 0 Å². The fourth-order valence-electron chi connectivity index (χ4n) is 1.57. The third-order valence-corrected chi connectivity index (χ3v) is 2.35. The summed E-state index contributed by atoms with van der Waals surface area (Å²) < 4.78 is 0. The number of hydrogen-bond donors (Lipinski definition) is 1. The third kappa shape index (κ3) is 2.72. The van der Waals surface area contributed by atoms with E-state index in [1.807, 2.05) is 6.08 Å². The van der Waals surface area contributed by atoms with E-state index in [1.165, 1.54) is 11.1 Å². The number of rotatable bonds is 1. The molecule has 13 heavy (non-hydrogen) atoms. The maximum atomic E-state index is 11.1. The zero-order valence-electron chi connectivity index (χ0n) is 8.55. The number of carbonyl (C=O) groups excluding carboxylic acids is 1. The highest BCUT2D eigenvalue weighted by Crippen LogP contribution is 2.20. The molecule has 0 bridgehead atoms. The molecule has 1 aliphatic rings. The van der Waals surface area contributed by atoms with Crippen LogP contribution in [0.3, 0.4) is 0 Å². The van der Waals surface area contributed by atoms with Crippen LogP contribution < -0.4 is 5.32 Å². The molecule has 0 aromatic heterocycles. The zero-order valence-corrected chi connectivity index (χ0v) is 8.55. The summed E-state index contributed by atoms with van der Waals surface area (Å²) >= 11 is 0. The Morgan fingerprint density at radius 3 is 2.69 bits per heavy atom. The molecule has 1 N–H and O–H groups in total. The van der Waals surface area contributed by atoms with Crippen molar-refractivity contribution in [3.05, 3.63) is 23.4 Å². The molecule has 0 aromatic rings. The van der Waals surface area contributed by atoms with E-state index < -0.39 is 0 Å². The Hall–Kier alpha value is -1.05. The number of allylic oxidation sites excluding steroid dienone is 3. The van der Waals surface area contributed by atoms with Gasteiger partial charge in [0.2, 0.25) is 5.91 Å². The number of hydrogen-bond acceptors (Lipinski definition) is 1. The van der Waals surface area contributed by atoms with Gasteiger partial charge in [-0.3, -0.25) is 4.79 Å². The smallest absolute Gasteiger partial charge is 0.224 e. The molecule has 0 unspecified atom stereocenters. The van der Waals surface area contributed by atoms with Crippen LogP contribution in [0.1, 0.15) is 33.6 Å². The minimum atomic E-state index is 0.110. The predicted molar refractivity (Wildman–Crippen MR) is 54.1 cm³/mol. The van der Waals surface area contributed by atoms with Gasteiger partial charge < -0.3 is 5.32 Å². The lowest BCUT2D eigenvalue weighted by Gasteiger charge is -2.14. The second-order valence-corrected chi connectivity index (χ2v) is 3.79. The Labute approximate surface area is 79.7 Å². The van der Waals surface area contributed by atoms with Gasteiger partial charge in [-0.15, -0.1) is 0 Å². The van der Waals surface area contributed by atoms with Crippen molar-refractivity contribution < 1.29 is 4.79 Å². The molecule has 0 atom stereocenters. The second-order valence-electron chi connectivity index (χ2n) is 3.79. The van der Waals surface area contributed by atoms with Crippen molar-refractivity contribution in [1.82, 2.24) is 5.32 Å². The fraction of sp³-hybridized carbons (Fsp3) is 0.545. The van der Waals surface area contributed by atoms with Crippen LogP contribution in [0.25, 0.3) is 0 Å². The van der Waals surface area contributed by atoms with Crippen LogP contribution in [0, 0.1) is 5.92 Å². The summed E-state index contributed by atoms with van der Waals surface area (Å²) in [6.45, 7) is 6.46. The number of carbonyl (C=O) groups is 1. The van der Waals surface area contributed by atoms with Gasteiger partial charge in [0.05, 0.1) is 0 Å². The maximum Gasteiger partial charge on any atom is 0.224 e.